The van der Waals surface area contributed by atoms with E-state index in [1.54, 1.807) is 22.7 Å². The van der Waals surface area contributed by atoms with Crippen LogP contribution in [0.25, 0.3) is 5.65 Å². The number of anilines is 2. The Labute approximate surface area is 171 Å². The van der Waals surface area contributed by atoms with Gasteiger partial charge in [-0.15, -0.1) is 0 Å². The maximum Gasteiger partial charge on any atom is 0.408 e. The van der Waals surface area contributed by atoms with E-state index in [1.807, 2.05) is 20.0 Å². The normalized spacial score (nSPS) is 24.7. The number of fused-ring (bicyclic) bond motifs is 1. The number of imidazole rings is 1. The van der Waals surface area contributed by atoms with E-state index >= 15 is 0 Å². The fourth-order valence-electron chi connectivity index (χ4n) is 3.46. The van der Waals surface area contributed by atoms with Crippen molar-refractivity contribution in [2.45, 2.75) is 50.6 Å². The van der Waals surface area contributed by atoms with E-state index in [0.717, 1.165) is 24.2 Å². The van der Waals surface area contributed by atoms with Gasteiger partial charge >= 0.3 is 6.09 Å². The third-order valence-corrected chi connectivity index (χ3v) is 5.39. The Kier molecular flexibility index (Phi) is 4.35. The maximum atomic E-state index is 14.9. The molecule has 3 N–H and O–H groups in total. The number of halogens is 1. The molecule has 0 unspecified atom stereocenters. The summed E-state index contributed by atoms with van der Waals surface area (Å²) in [6, 6.07) is 3.45. The van der Waals surface area contributed by atoms with Gasteiger partial charge in [-0.2, -0.15) is 5.10 Å². The van der Waals surface area contributed by atoms with Crippen LogP contribution in [-0.2, 0) is 9.47 Å². The average molecular weight is 415 g/mol. The summed E-state index contributed by atoms with van der Waals surface area (Å²) in [5.41, 5.74) is 1.83. The highest BCUT2D eigenvalue weighted by Crippen LogP contribution is 2.36. The molecule has 3 aromatic rings. The Morgan fingerprint density at radius 1 is 1.47 bits per heavy atom. The van der Waals surface area contributed by atoms with Crippen molar-refractivity contribution in [2.75, 3.05) is 11.9 Å². The number of aromatic amines is 1. The minimum Gasteiger partial charge on any atom is -0.441 e. The number of nitrogens with zero attached hydrogens (tertiary/aromatic N) is 4. The zero-order chi connectivity index (χ0) is 20.9. The van der Waals surface area contributed by atoms with E-state index in [1.165, 1.54) is 0 Å². The molecule has 2 fully saturated rings. The van der Waals surface area contributed by atoms with Gasteiger partial charge < -0.3 is 20.1 Å². The lowest BCUT2D eigenvalue weighted by molar-refractivity contribution is 0.0604. The number of carbonyl (C=O) groups excluding carboxylic acids is 1. The molecule has 4 heterocycles. The first-order chi connectivity index (χ1) is 14.4. The molecule has 30 heavy (non-hydrogen) atoms. The lowest BCUT2D eigenvalue weighted by Gasteiger charge is -2.17. The summed E-state index contributed by atoms with van der Waals surface area (Å²) in [7, 11) is 0. The van der Waals surface area contributed by atoms with Gasteiger partial charge in [-0.25, -0.2) is 19.2 Å². The number of rotatable bonds is 5. The van der Waals surface area contributed by atoms with Crippen molar-refractivity contribution in [1.82, 2.24) is 29.9 Å². The van der Waals surface area contributed by atoms with Crippen LogP contribution < -0.4 is 10.6 Å². The van der Waals surface area contributed by atoms with E-state index in [4.69, 9.17) is 9.47 Å². The van der Waals surface area contributed by atoms with Gasteiger partial charge in [-0.05, 0) is 32.8 Å². The Hall–Kier alpha value is -3.21. The lowest BCUT2D eigenvalue weighted by atomic mass is 10.1. The number of alkyl carbamates (subject to hydrolysis) is 1. The molecule has 1 aliphatic carbocycles. The van der Waals surface area contributed by atoms with Crippen LogP contribution in [0.15, 0.2) is 24.5 Å². The monoisotopic (exact) mass is 415 g/mol. The van der Waals surface area contributed by atoms with Crippen LogP contribution in [0.5, 0.6) is 0 Å². The van der Waals surface area contributed by atoms with Crippen LogP contribution in [0.4, 0.5) is 21.0 Å². The summed E-state index contributed by atoms with van der Waals surface area (Å²) < 4.78 is 27.4. The number of hydrogen-bond donors (Lipinski definition) is 3. The van der Waals surface area contributed by atoms with Gasteiger partial charge in [0.1, 0.15) is 11.8 Å². The molecule has 1 amide bonds. The molecule has 1 saturated carbocycles. The second kappa shape index (κ2) is 6.94. The second-order valence-electron chi connectivity index (χ2n) is 8.04. The van der Waals surface area contributed by atoms with Gasteiger partial charge in [0.2, 0.25) is 5.95 Å². The molecule has 3 atom stereocenters. The number of nitrogens with one attached hydrogen (secondary N) is 3. The highest BCUT2D eigenvalue weighted by Gasteiger charge is 2.44. The largest absolute Gasteiger partial charge is 0.441 e. The van der Waals surface area contributed by atoms with E-state index in [-0.39, 0.29) is 12.1 Å². The van der Waals surface area contributed by atoms with Crippen molar-refractivity contribution < 1.29 is 18.7 Å². The first-order valence-corrected chi connectivity index (χ1v) is 9.78. The van der Waals surface area contributed by atoms with Gasteiger partial charge in [-0.3, -0.25) is 9.50 Å². The standard InChI is InChI=1S/C19H22FN7O3/c1-10-8-27-14(22-10)3-6-21-17(27)23-13-7-11(25-26-13)16-15(20)12(9-29-16)30-18(28)24-19(2)4-5-19/h3,6-8,12,15-16H,4-5,9H2,1-2H3,(H,24,28)(H2,21,23,25,26)/t12-,15-,16-/m0/s1. The van der Waals surface area contributed by atoms with Crippen LogP contribution in [-0.4, -0.2) is 55.1 Å². The third kappa shape index (κ3) is 3.56. The Balaban J connectivity index is 1.25. The summed E-state index contributed by atoms with van der Waals surface area (Å²) in [6.07, 6.45) is 1.30. The lowest BCUT2D eigenvalue weighted by Crippen LogP contribution is -2.39. The zero-order valence-corrected chi connectivity index (χ0v) is 16.6. The topological polar surface area (TPSA) is 118 Å². The first-order valence-electron chi connectivity index (χ1n) is 9.78. The third-order valence-electron chi connectivity index (χ3n) is 5.39. The van der Waals surface area contributed by atoms with E-state index in [2.05, 4.69) is 30.8 Å². The van der Waals surface area contributed by atoms with Crippen molar-refractivity contribution in [3.05, 3.63) is 35.9 Å². The number of ether oxygens (including phenoxy) is 2. The van der Waals surface area contributed by atoms with E-state index in [9.17, 15) is 9.18 Å². The molecule has 1 aliphatic heterocycles. The first kappa shape index (κ1) is 18.8. The number of aryl methyl sites for hydroxylation is 1. The van der Waals surface area contributed by atoms with Gasteiger partial charge in [-0.1, -0.05) is 0 Å². The predicted octanol–water partition coefficient (Wildman–Crippen LogP) is 2.56. The number of H-pyrrole nitrogens is 1. The number of carbonyl (C=O) groups is 1. The van der Waals surface area contributed by atoms with Gasteiger partial charge in [0.05, 0.1) is 18.0 Å². The molecule has 2 aliphatic rings. The number of alkyl halides is 1. The van der Waals surface area contributed by atoms with Crippen molar-refractivity contribution in [3.8, 4) is 0 Å². The van der Waals surface area contributed by atoms with Crippen LogP contribution in [0.1, 0.15) is 37.3 Å². The minimum atomic E-state index is -1.51. The van der Waals surface area contributed by atoms with Crippen molar-refractivity contribution in [1.29, 1.82) is 0 Å². The molecule has 158 valence electrons. The molecule has 11 heteroatoms. The molecule has 0 radical (unpaired) electrons. The molecule has 1 saturated heterocycles. The Morgan fingerprint density at radius 2 is 2.30 bits per heavy atom. The van der Waals surface area contributed by atoms with Gasteiger partial charge in [0, 0.05) is 24.0 Å². The molecular weight excluding hydrogens is 393 g/mol. The summed E-state index contributed by atoms with van der Waals surface area (Å²) in [5, 5.41) is 12.8. The van der Waals surface area contributed by atoms with Gasteiger partial charge in [0.15, 0.2) is 18.1 Å². The van der Waals surface area contributed by atoms with E-state index < -0.39 is 24.5 Å². The summed E-state index contributed by atoms with van der Waals surface area (Å²) in [5.74, 6) is 0.984. The quantitative estimate of drug-likeness (QED) is 0.586. The average Bonchev–Trinajstić information content (AvgIpc) is 3.03. The molecule has 10 nitrogen and oxygen atoms in total. The van der Waals surface area contributed by atoms with Crippen LogP contribution >= 0.6 is 0 Å². The SMILES string of the molecule is Cc1cn2c(Nc3cc([C@@H]4OC[C@H](OC(=O)NC5(C)CC5)[C@@H]4F)[nH]n3)nccc2n1. The molecule has 3 aromatic heterocycles. The van der Waals surface area contributed by atoms with E-state index in [0.29, 0.717) is 17.5 Å². The second-order valence-corrected chi connectivity index (χ2v) is 8.04. The number of aromatic nitrogens is 5. The summed E-state index contributed by atoms with van der Waals surface area (Å²) in [4.78, 5) is 20.7. The highest BCUT2D eigenvalue weighted by atomic mass is 19.1. The molecule has 0 spiro atoms. The Bertz CT molecular complexity index is 1090. The van der Waals surface area contributed by atoms with Crippen molar-refractivity contribution in [2.24, 2.45) is 0 Å². The van der Waals surface area contributed by atoms with Crippen LogP contribution in [0.2, 0.25) is 0 Å². The molecule has 5 rings (SSSR count). The Morgan fingerprint density at radius 3 is 3.10 bits per heavy atom. The van der Waals surface area contributed by atoms with Crippen molar-refractivity contribution in [3.63, 3.8) is 0 Å². The zero-order valence-electron chi connectivity index (χ0n) is 16.6. The molecular formula is C19H22FN7O3. The van der Waals surface area contributed by atoms with Crippen LogP contribution in [0.3, 0.4) is 0 Å². The van der Waals surface area contributed by atoms with Gasteiger partial charge in [0.25, 0.3) is 0 Å². The predicted molar refractivity (Wildman–Crippen MR) is 104 cm³/mol. The molecule has 0 aromatic carbocycles. The fraction of sp³-hybridized carbons (Fsp3) is 0.474. The highest BCUT2D eigenvalue weighted by molar-refractivity contribution is 5.69. The van der Waals surface area contributed by atoms with Crippen molar-refractivity contribution >= 4 is 23.5 Å². The number of hydrogen-bond acceptors (Lipinski definition) is 7. The van der Waals surface area contributed by atoms with Crippen LogP contribution in [0, 0.1) is 6.92 Å². The smallest absolute Gasteiger partial charge is 0.408 e. The number of amides is 1. The minimum absolute atomic E-state index is 0.0209. The summed E-state index contributed by atoms with van der Waals surface area (Å²) >= 11 is 0. The molecule has 0 bridgehead atoms. The summed E-state index contributed by atoms with van der Waals surface area (Å²) in [6.45, 7) is 3.80. The fourth-order valence-corrected chi connectivity index (χ4v) is 3.46. The maximum absolute atomic E-state index is 14.9.